The number of para-hydroxylation sites is 2. The van der Waals surface area contributed by atoms with Crippen LogP contribution in [0.3, 0.4) is 0 Å². The first-order valence-corrected chi connectivity index (χ1v) is 7.44. The summed E-state index contributed by atoms with van der Waals surface area (Å²) in [6, 6.07) is 8.93. The Morgan fingerprint density at radius 2 is 2.11 bits per heavy atom. The second kappa shape index (κ2) is 5.74. The number of hydrogen-bond donors (Lipinski definition) is 1. The zero-order valence-electron chi connectivity index (χ0n) is 11.7. The summed E-state index contributed by atoms with van der Waals surface area (Å²) >= 11 is 0. The number of hydrogen-bond acceptors (Lipinski definition) is 2. The molecule has 3 rings (SSSR count). The summed E-state index contributed by atoms with van der Waals surface area (Å²) < 4.78 is 2.28. The molecule has 102 valence electrons. The first-order valence-electron chi connectivity index (χ1n) is 7.44. The van der Waals surface area contributed by atoms with Crippen molar-refractivity contribution in [3.8, 4) is 0 Å². The Bertz CT molecular complexity index is 526. The SMILES string of the molecule is CNC(CC1CCCC1)Cn1cnc2ccccc21. The molecule has 1 aliphatic carbocycles. The molecule has 1 aliphatic rings. The van der Waals surface area contributed by atoms with E-state index in [-0.39, 0.29) is 0 Å². The smallest absolute Gasteiger partial charge is 0.0958 e. The van der Waals surface area contributed by atoms with Gasteiger partial charge in [-0.25, -0.2) is 4.98 Å². The lowest BCUT2D eigenvalue weighted by Crippen LogP contribution is -2.31. The number of benzene rings is 1. The zero-order valence-corrected chi connectivity index (χ0v) is 11.7. The Morgan fingerprint density at radius 3 is 2.89 bits per heavy atom. The van der Waals surface area contributed by atoms with Crippen LogP contribution in [0.15, 0.2) is 30.6 Å². The Kier molecular flexibility index (Phi) is 3.83. The lowest BCUT2D eigenvalue weighted by Gasteiger charge is -2.20. The number of aromatic nitrogens is 2. The van der Waals surface area contributed by atoms with Crippen LogP contribution >= 0.6 is 0 Å². The van der Waals surface area contributed by atoms with Crippen molar-refractivity contribution in [1.82, 2.24) is 14.9 Å². The van der Waals surface area contributed by atoms with E-state index in [9.17, 15) is 0 Å². The summed E-state index contributed by atoms with van der Waals surface area (Å²) in [7, 11) is 2.08. The monoisotopic (exact) mass is 257 g/mol. The van der Waals surface area contributed by atoms with Gasteiger partial charge in [-0.15, -0.1) is 0 Å². The molecule has 0 amide bonds. The van der Waals surface area contributed by atoms with E-state index in [1.165, 1.54) is 37.6 Å². The topological polar surface area (TPSA) is 29.9 Å². The van der Waals surface area contributed by atoms with Crippen LogP contribution in [0.25, 0.3) is 11.0 Å². The Balaban J connectivity index is 1.71. The molecule has 3 heteroatoms. The maximum absolute atomic E-state index is 4.47. The summed E-state index contributed by atoms with van der Waals surface area (Å²) in [6.07, 6.45) is 8.96. The highest BCUT2D eigenvalue weighted by Crippen LogP contribution is 2.29. The first kappa shape index (κ1) is 12.7. The summed E-state index contributed by atoms with van der Waals surface area (Å²) in [6.45, 7) is 1.02. The molecule has 1 unspecified atom stereocenters. The molecule has 0 saturated heterocycles. The third kappa shape index (κ3) is 2.81. The average Bonchev–Trinajstić information content (AvgIpc) is 3.08. The van der Waals surface area contributed by atoms with E-state index in [4.69, 9.17) is 0 Å². The van der Waals surface area contributed by atoms with E-state index < -0.39 is 0 Å². The van der Waals surface area contributed by atoms with Gasteiger partial charge in [0, 0.05) is 12.6 Å². The predicted molar refractivity (Wildman–Crippen MR) is 79.2 cm³/mol. The van der Waals surface area contributed by atoms with Gasteiger partial charge in [-0.05, 0) is 31.5 Å². The maximum atomic E-state index is 4.47. The fraction of sp³-hybridized carbons (Fsp3) is 0.562. The Hall–Kier alpha value is -1.35. The summed E-state index contributed by atoms with van der Waals surface area (Å²) in [5.74, 6) is 0.923. The van der Waals surface area contributed by atoms with Gasteiger partial charge in [-0.2, -0.15) is 0 Å². The fourth-order valence-corrected chi connectivity index (χ4v) is 3.33. The highest BCUT2D eigenvalue weighted by molar-refractivity contribution is 5.74. The molecule has 0 radical (unpaired) electrons. The number of nitrogens with zero attached hydrogens (tertiary/aromatic N) is 2. The number of rotatable bonds is 5. The van der Waals surface area contributed by atoms with Crippen LogP contribution in [0.4, 0.5) is 0 Å². The third-order valence-electron chi connectivity index (χ3n) is 4.45. The van der Waals surface area contributed by atoms with E-state index in [1.807, 2.05) is 12.4 Å². The van der Waals surface area contributed by atoms with E-state index in [2.05, 4.69) is 40.1 Å². The lowest BCUT2D eigenvalue weighted by molar-refractivity contribution is 0.373. The van der Waals surface area contributed by atoms with E-state index in [0.717, 1.165) is 18.0 Å². The minimum absolute atomic E-state index is 0.556. The zero-order chi connectivity index (χ0) is 13.1. The van der Waals surface area contributed by atoms with Crippen molar-refractivity contribution >= 4 is 11.0 Å². The number of fused-ring (bicyclic) bond motifs is 1. The second-order valence-corrected chi connectivity index (χ2v) is 5.76. The standard InChI is InChI=1S/C16H23N3/c1-17-14(10-13-6-2-3-7-13)11-19-12-18-15-8-4-5-9-16(15)19/h4-5,8-9,12-14,17H,2-3,6-7,10-11H2,1H3. The fourth-order valence-electron chi connectivity index (χ4n) is 3.33. The maximum Gasteiger partial charge on any atom is 0.0958 e. The summed E-state index contributed by atoms with van der Waals surface area (Å²) in [5.41, 5.74) is 2.34. The van der Waals surface area contributed by atoms with Gasteiger partial charge in [0.25, 0.3) is 0 Å². The molecular weight excluding hydrogens is 234 g/mol. The molecule has 3 nitrogen and oxygen atoms in total. The molecule has 0 spiro atoms. The molecule has 1 atom stereocenters. The Morgan fingerprint density at radius 1 is 1.32 bits per heavy atom. The van der Waals surface area contributed by atoms with Gasteiger partial charge in [0.1, 0.15) is 0 Å². The molecule has 1 aromatic heterocycles. The van der Waals surface area contributed by atoms with Gasteiger partial charge in [-0.3, -0.25) is 0 Å². The highest BCUT2D eigenvalue weighted by Gasteiger charge is 2.19. The van der Waals surface area contributed by atoms with Crippen molar-refractivity contribution < 1.29 is 0 Å². The van der Waals surface area contributed by atoms with Gasteiger partial charge < -0.3 is 9.88 Å². The average molecular weight is 257 g/mol. The molecule has 2 aromatic rings. The molecule has 0 bridgehead atoms. The van der Waals surface area contributed by atoms with Crippen LogP contribution in [0, 0.1) is 5.92 Å². The van der Waals surface area contributed by atoms with E-state index in [1.54, 1.807) is 0 Å². The van der Waals surface area contributed by atoms with Gasteiger partial charge in [0.05, 0.1) is 17.4 Å². The minimum atomic E-state index is 0.556. The molecule has 0 aliphatic heterocycles. The number of likely N-dealkylation sites (N-methyl/N-ethyl adjacent to an activating group) is 1. The molecule has 1 N–H and O–H groups in total. The summed E-state index contributed by atoms with van der Waals surface area (Å²) in [5, 5.41) is 3.48. The van der Waals surface area contributed by atoms with Crippen molar-refractivity contribution in [3.63, 3.8) is 0 Å². The largest absolute Gasteiger partial charge is 0.329 e. The highest BCUT2D eigenvalue weighted by atomic mass is 15.1. The summed E-state index contributed by atoms with van der Waals surface area (Å²) in [4.78, 5) is 4.47. The van der Waals surface area contributed by atoms with Crippen molar-refractivity contribution in [2.45, 2.75) is 44.7 Å². The molecule has 1 fully saturated rings. The third-order valence-corrected chi connectivity index (χ3v) is 4.45. The van der Waals surface area contributed by atoms with E-state index in [0.29, 0.717) is 6.04 Å². The number of nitrogens with one attached hydrogen (secondary N) is 1. The molecule has 1 heterocycles. The van der Waals surface area contributed by atoms with Crippen LogP contribution in [0.2, 0.25) is 0 Å². The second-order valence-electron chi connectivity index (χ2n) is 5.76. The molecule has 1 aromatic carbocycles. The van der Waals surface area contributed by atoms with Gasteiger partial charge in [0.15, 0.2) is 0 Å². The van der Waals surface area contributed by atoms with Crippen molar-refractivity contribution in [2.75, 3.05) is 7.05 Å². The van der Waals surface area contributed by atoms with Crippen molar-refractivity contribution in [1.29, 1.82) is 0 Å². The first-order chi connectivity index (χ1) is 9.36. The van der Waals surface area contributed by atoms with E-state index >= 15 is 0 Å². The van der Waals surface area contributed by atoms with Gasteiger partial charge >= 0.3 is 0 Å². The van der Waals surface area contributed by atoms with Crippen LogP contribution < -0.4 is 5.32 Å². The molecule has 1 saturated carbocycles. The van der Waals surface area contributed by atoms with Gasteiger partial charge in [0.2, 0.25) is 0 Å². The predicted octanol–water partition coefficient (Wildman–Crippen LogP) is 3.20. The normalized spacial score (nSPS) is 18.2. The lowest BCUT2D eigenvalue weighted by atomic mass is 9.98. The van der Waals surface area contributed by atoms with Crippen LogP contribution in [0.5, 0.6) is 0 Å². The van der Waals surface area contributed by atoms with Crippen molar-refractivity contribution in [2.24, 2.45) is 5.92 Å². The minimum Gasteiger partial charge on any atom is -0.329 e. The van der Waals surface area contributed by atoms with Gasteiger partial charge in [-0.1, -0.05) is 37.8 Å². The number of imidazole rings is 1. The quantitative estimate of drug-likeness (QED) is 0.891. The van der Waals surface area contributed by atoms with Crippen molar-refractivity contribution in [3.05, 3.63) is 30.6 Å². The molecular formula is C16H23N3. The van der Waals surface area contributed by atoms with Crippen LogP contribution in [0.1, 0.15) is 32.1 Å². The Labute approximate surface area is 115 Å². The molecule has 19 heavy (non-hydrogen) atoms. The van der Waals surface area contributed by atoms with Crippen LogP contribution in [-0.2, 0) is 6.54 Å². The van der Waals surface area contributed by atoms with Crippen LogP contribution in [-0.4, -0.2) is 22.6 Å².